The lowest BCUT2D eigenvalue weighted by Crippen LogP contribution is -2.33. The number of allylic oxidation sites excluding steroid dienone is 1. The van der Waals surface area contributed by atoms with E-state index in [0.717, 1.165) is 11.3 Å². The first-order valence-corrected chi connectivity index (χ1v) is 4.91. The van der Waals surface area contributed by atoms with E-state index in [1.165, 1.54) is 0 Å². The van der Waals surface area contributed by atoms with Crippen molar-refractivity contribution in [2.24, 2.45) is 5.73 Å². The highest BCUT2D eigenvalue weighted by molar-refractivity contribution is 5.20. The number of hydrogen-bond donors (Lipinski definition) is 2. The summed E-state index contributed by atoms with van der Waals surface area (Å²) in [5.74, 6) is 0.810. The fourth-order valence-electron chi connectivity index (χ4n) is 1.36. The lowest BCUT2D eigenvalue weighted by atomic mass is 10.2. The van der Waals surface area contributed by atoms with Crippen LogP contribution >= 0.6 is 0 Å². The Hall–Kier alpha value is -1.74. The second-order valence-electron chi connectivity index (χ2n) is 3.37. The first-order valence-electron chi connectivity index (χ1n) is 4.91. The first kappa shape index (κ1) is 9.80. The highest BCUT2D eigenvalue weighted by atomic mass is 16.5. The van der Waals surface area contributed by atoms with E-state index in [4.69, 9.17) is 10.5 Å². The van der Waals surface area contributed by atoms with Gasteiger partial charge in [0.25, 0.3) is 0 Å². The van der Waals surface area contributed by atoms with Gasteiger partial charge in [0.05, 0.1) is 6.17 Å². The molecule has 3 N–H and O–H groups in total. The van der Waals surface area contributed by atoms with Gasteiger partial charge in [0.1, 0.15) is 12.4 Å². The molecule has 0 aromatic heterocycles. The lowest BCUT2D eigenvalue weighted by Gasteiger charge is -2.15. The number of dihydropyridines is 1. The monoisotopic (exact) mass is 202 g/mol. The van der Waals surface area contributed by atoms with Gasteiger partial charge in [0.15, 0.2) is 0 Å². The maximum atomic E-state index is 5.68. The van der Waals surface area contributed by atoms with E-state index in [0.29, 0.717) is 6.61 Å². The smallest absolute Gasteiger partial charge is 0.120 e. The Morgan fingerprint density at radius 2 is 2.07 bits per heavy atom. The molecule has 78 valence electrons. The van der Waals surface area contributed by atoms with E-state index < -0.39 is 0 Å². The first-order chi connectivity index (χ1) is 7.34. The zero-order valence-electron chi connectivity index (χ0n) is 8.39. The topological polar surface area (TPSA) is 47.3 Å². The van der Waals surface area contributed by atoms with Crippen LogP contribution in [0.2, 0.25) is 0 Å². The average Bonchev–Trinajstić information content (AvgIpc) is 2.28. The molecule has 1 aliphatic heterocycles. The summed E-state index contributed by atoms with van der Waals surface area (Å²) in [6, 6.07) is 10.0. The number of benzene rings is 1. The van der Waals surface area contributed by atoms with Crippen LogP contribution in [0.15, 0.2) is 54.4 Å². The Kier molecular flexibility index (Phi) is 3.05. The van der Waals surface area contributed by atoms with Crippen molar-refractivity contribution in [2.75, 3.05) is 0 Å². The second kappa shape index (κ2) is 4.66. The molecule has 0 amide bonds. The van der Waals surface area contributed by atoms with Crippen molar-refractivity contribution in [3.8, 4) is 0 Å². The SMILES string of the molecule is NC1C=C(OCc2ccccc2)C=CN1. The van der Waals surface area contributed by atoms with Gasteiger partial charge in [0, 0.05) is 6.20 Å². The van der Waals surface area contributed by atoms with Gasteiger partial charge in [-0.05, 0) is 17.7 Å². The zero-order chi connectivity index (χ0) is 10.5. The molecule has 3 heteroatoms. The third-order valence-electron chi connectivity index (χ3n) is 2.13. The van der Waals surface area contributed by atoms with Crippen molar-refractivity contribution in [2.45, 2.75) is 12.8 Å². The average molecular weight is 202 g/mol. The van der Waals surface area contributed by atoms with E-state index in [2.05, 4.69) is 5.32 Å². The number of ether oxygens (including phenoxy) is 1. The van der Waals surface area contributed by atoms with Crippen LogP contribution in [0.4, 0.5) is 0 Å². The molecule has 2 rings (SSSR count). The number of nitrogens with one attached hydrogen (secondary N) is 1. The molecule has 0 radical (unpaired) electrons. The Labute approximate surface area is 89.2 Å². The van der Waals surface area contributed by atoms with Crippen LogP contribution in [0.1, 0.15) is 5.56 Å². The molecule has 3 nitrogen and oxygen atoms in total. The largest absolute Gasteiger partial charge is 0.489 e. The number of nitrogens with two attached hydrogens (primary N) is 1. The molecule has 0 fully saturated rings. The third kappa shape index (κ3) is 2.86. The van der Waals surface area contributed by atoms with Gasteiger partial charge >= 0.3 is 0 Å². The van der Waals surface area contributed by atoms with Crippen LogP contribution in [0.25, 0.3) is 0 Å². The van der Waals surface area contributed by atoms with Crippen molar-refractivity contribution in [3.05, 3.63) is 60.0 Å². The molecule has 1 aromatic rings. The van der Waals surface area contributed by atoms with Crippen LogP contribution in [0.5, 0.6) is 0 Å². The van der Waals surface area contributed by atoms with Gasteiger partial charge in [-0.25, -0.2) is 0 Å². The molecule has 0 saturated heterocycles. The summed E-state index contributed by atoms with van der Waals surface area (Å²) in [6.45, 7) is 0.573. The summed E-state index contributed by atoms with van der Waals surface area (Å²) < 4.78 is 5.59. The van der Waals surface area contributed by atoms with Crippen LogP contribution in [0, 0.1) is 0 Å². The predicted molar refractivity (Wildman–Crippen MR) is 59.6 cm³/mol. The Morgan fingerprint density at radius 1 is 1.27 bits per heavy atom. The van der Waals surface area contributed by atoms with Gasteiger partial charge < -0.3 is 15.8 Å². The van der Waals surface area contributed by atoms with Crippen molar-refractivity contribution in [1.82, 2.24) is 5.32 Å². The molecular weight excluding hydrogens is 188 g/mol. The standard InChI is InChI=1S/C12H14N2O/c13-12-8-11(6-7-14-12)15-9-10-4-2-1-3-5-10/h1-8,12,14H,9,13H2. The highest BCUT2D eigenvalue weighted by Gasteiger charge is 2.03. The summed E-state index contributed by atoms with van der Waals surface area (Å²) in [4.78, 5) is 0. The molecule has 1 aromatic carbocycles. The molecule has 1 atom stereocenters. The molecule has 1 aliphatic rings. The minimum absolute atomic E-state index is 0.152. The van der Waals surface area contributed by atoms with Crippen molar-refractivity contribution in [1.29, 1.82) is 0 Å². The van der Waals surface area contributed by atoms with E-state index in [-0.39, 0.29) is 6.17 Å². The summed E-state index contributed by atoms with van der Waals surface area (Å²) in [6.07, 6.45) is 5.36. The Morgan fingerprint density at radius 3 is 2.80 bits per heavy atom. The van der Waals surface area contributed by atoms with Gasteiger partial charge in [-0.15, -0.1) is 0 Å². The van der Waals surface area contributed by atoms with Crippen molar-refractivity contribution < 1.29 is 4.74 Å². The molecule has 1 unspecified atom stereocenters. The number of hydrogen-bond acceptors (Lipinski definition) is 3. The van der Waals surface area contributed by atoms with Crippen molar-refractivity contribution in [3.63, 3.8) is 0 Å². The van der Waals surface area contributed by atoms with Crippen LogP contribution in [-0.4, -0.2) is 6.17 Å². The van der Waals surface area contributed by atoms with E-state index in [1.54, 1.807) is 6.20 Å². The van der Waals surface area contributed by atoms with Gasteiger partial charge in [-0.2, -0.15) is 0 Å². The summed E-state index contributed by atoms with van der Waals surface area (Å²) in [5.41, 5.74) is 6.83. The molecule has 1 heterocycles. The maximum Gasteiger partial charge on any atom is 0.120 e. The fourth-order valence-corrected chi connectivity index (χ4v) is 1.36. The minimum atomic E-state index is -0.152. The quantitative estimate of drug-likeness (QED) is 0.780. The summed E-state index contributed by atoms with van der Waals surface area (Å²) >= 11 is 0. The summed E-state index contributed by atoms with van der Waals surface area (Å²) in [7, 11) is 0. The third-order valence-corrected chi connectivity index (χ3v) is 2.13. The zero-order valence-corrected chi connectivity index (χ0v) is 8.39. The molecule has 15 heavy (non-hydrogen) atoms. The minimum Gasteiger partial charge on any atom is -0.489 e. The summed E-state index contributed by atoms with van der Waals surface area (Å²) in [5, 5.41) is 2.95. The van der Waals surface area contributed by atoms with Crippen LogP contribution < -0.4 is 11.1 Å². The molecular formula is C12H14N2O. The molecule has 0 bridgehead atoms. The molecule has 0 spiro atoms. The van der Waals surface area contributed by atoms with Crippen molar-refractivity contribution >= 4 is 0 Å². The number of rotatable bonds is 3. The van der Waals surface area contributed by atoms with Crippen LogP contribution in [-0.2, 0) is 11.3 Å². The lowest BCUT2D eigenvalue weighted by molar-refractivity contribution is 0.207. The van der Waals surface area contributed by atoms with Gasteiger partial charge in [-0.1, -0.05) is 30.3 Å². The van der Waals surface area contributed by atoms with E-state index >= 15 is 0 Å². The molecule has 0 aliphatic carbocycles. The highest BCUT2D eigenvalue weighted by Crippen LogP contribution is 2.09. The van der Waals surface area contributed by atoms with Gasteiger partial charge in [0.2, 0.25) is 0 Å². The van der Waals surface area contributed by atoms with E-state index in [9.17, 15) is 0 Å². The normalized spacial score (nSPS) is 19.3. The predicted octanol–water partition coefficient (Wildman–Crippen LogP) is 1.49. The van der Waals surface area contributed by atoms with E-state index in [1.807, 2.05) is 42.5 Å². The second-order valence-corrected chi connectivity index (χ2v) is 3.37. The Bertz CT molecular complexity index is 370. The maximum absolute atomic E-state index is 5.68. The fraction of sp³-hybridized carbons (Fsp3) is 0.167. The Balaban J connectivity index is 1.91. The van der Waals surface area contributed by atoms with Crippen LogP contribution in [0.3, 0.4) is 0 Å². The van der Waals surface area contributed by atoms with Gasteiger partial charge in [-0.3, -0.25) is 0 Å². The molecule has 0 saturated carbocycles.